The van der Waals surface area contributed by atoms with Crippen LogP contribution in [0.15, 0.2) is 23.2 Å². The number of ether oxygens (including phenoxy) is 3. The normalized spacial score (nSPS) is 14.9. The third-order valence-electron chi connectivity index (χ3n) is 4.53. The van der Waals surface area contributed by atoms with Gasteiger partial charge in [0, 0.05) is 38.8 Å². The van der Waals surface area contributed by atoms with Gasteiger partial charge in [-0.2, -0.15) is 8.78 Å². The monoisotopic (exact) mass is 542 g/mol. The maximum absolute atomic E-state index is 12.8. The van der Waals surface area contributed by atoms with Crippen molar-refractivity contribution in [2.45, 2.75) is 32.9 Å². The van der Waals surface area contributed by atoms with Crippen molar-refractivity contribution in [3.8, 4) is 11.5 Å². The van der Waals surface area contributed by atoms with E-state index in [1.54, 1.807) is 32.2 Å². The van der Waals surface area contributed by atoms with Crippen LogP contribution in [0.4, 0.5) is 8.78 Å². The molecule has 2 N–H and O–H groups in total. The van der Waals surface area contributed by atoms with E-state index in [9.17, 15) is 8.78 Å². The number of halogens is 3. The van der Waals surface area contributed by atoms with E-state index in [2.05, 4.69) is 20.5 Å². The van der Waals surface area contributed by atoms with E-state index in [0.29, 0.717) is 23.9 Å². The summed E-state index contributed by atoms with van der Waals surface area (Å²) in [5.41, 5.74) is 0.575. The molecule has 2 rings (SSSR count). The van der Waals surface area contributed by atoms with Crippen LogP contribution in [0.3, 0.4) is 0 Å². The Balaban J connectivity index is 0.00000450. The first kappa shape index (κ1) is 26.6. The zero-order chi connectivity index (χ0) is 20.9. The van der Waals surface area contributed by atoms with Crippen molar-refractivity contribution in [2.24, 2.45) is 4.99 Å². The molecule has 7 nitrogen and oxygen atoms in total. The van der Waals surface area contributed by atoms with Crippen LogP contribution in [-0.4, -0.2) is 70.5 Å². The van der Waals surface area contributed by atoms with E-state index in [1.165, 1.54) is 0 Å². The summed E-state index contributed by atoms with van der Waals surface area (Å²) in [6.07, 6.45) is 2.10. The summed E-state index contributed by atoms with van der Waals surface area (Å²) in [5.74, 6) is 0.970. The molecule has 1 aliphatic heterocycles. The van der Waals surface area contributed by atoms with Crippen molar-refractivity contribution in [3.05, 3.63) is 23.8 Å². The number of aliphatic imine (C=N–C) groups is 1. The standard InChI is InChI=1S/C20H32F2N4O3.HI/c1-3-28-17-8-6-7-16(18(17)29-19(21)22)15-25-20(23-2)24-9-4-5-10-26-11-13-27-14-12-26;/h6-8,19H,3-5,9-15H2,1-2H3,(H2,23,24,25);1H. The number of nitrogens with one attached hydrogen (secondary N) is 2. The van der Waals surface area contributed by atoms with Crippen molar-refractivity contribution in [1.82, 2.24) is 15.5 Å². The minimum Gasteiger partial charge on any atom is -0.490 e. The van der Waals surface area contributed by atoms with E-state index < -0.39 is 6.61 Å². The molecule has 172 valence electrons. The first-order chi connectivity index (χ1) is 14.1. The molecule has 1 aromatic carbocycles. The molecule has 0 amide bonds. The van der Waals surface area contributed by atoms with E-state index in [0.717, 1.165) is 52.2 Å². The maximum atomic E-state index is 12.8. The lowest BCUT2D eigenvalue weighted by molar-refractivity contribution is -0.0520. The fraction of sp³-hybridized carbons (Fsp3) is 0.650. The number of unbranched alkanes of at least 4 members (excludes halogenated alkanes) is 1. The van der Waals surface area contributed by atoms with Gasteiger partial charge in [-0.1, -0.05) is 12.1 Å². The third-order valence-corrected chi connectivity index (χ3v) is 4.53. The minimum absolute atomic E-state index is 0. The number of rotatable bonds is 11. The van der Waals surface area contributed by atoms with E-state index in [1.807, 2.05) is 0 Å². The van der Waals surface area contributed by atoms with Gasteiger partial charge in [0.1, 0.15) is 0 Å². The van der Waals surface area contributed by atoms with E-state index in [-0.39, 0.29) is 36.3 Å². The highest BCUT2D eigenvalue weighted by atomic mass is 127. The molecular formula is C20H33F2IN4O3. The molecule has 1 aromatic rings. The van der Waals surface area contributed by atoms with Crippen molar-refractivity contribution >= 4 is 29.9 Å². The average Bonchev–Trinajstić information content (AvgIpc) is 2.72. The van der Waals surface area contributed by atoms with Gasteiger partial charge in [0.2, 0.25) is 0 Å². The lowest BCUT2D eigenvalue weighted by atomic mass is 10.2. The summed E-state index contributed by atoms with van der Waals surface area (Å²) >= 11 is 0. The number of alkyl halides is 2. The Morgan fingerprint density at radius 2 is 2.00 bits per heavy atom. The topological polar surface area (TPSA) is 67.4 Å². The minimum atomic E-state index is -2.92. The summed E-state index contributed by atoms with van der Waals surface area (Å²) in [4.78, 5) is 6.60. The molecule has 0 aliphatic carbocycles. The van der Waals surface area contributed by atoms with Crippen LogP contribution in [0, 0.1) is 0 Å². The quantitative estimate of drug-likeness (QED) is 0.194. The van der Waals surface area contributed by atoms with Crippen LogP contribution in [0.5, 0.6) is 11.5 Å². The molecule has 0 spiro atoms. The Morgan fingerprint density at radius 1 is 1.23 bits per heavy atom. The van der Waals surface area contributed by atoms with E-state index in [4.69, 9.17) is 14.2 Å². The predicted molar refractivity (Wildman–Crippen MR) is 124 cm³/mol. The van der Waals surface area contributed by atoms with Crippen molar-refractivity contribution < 1.29 is 23.0 Å². The van der Waals surface area contributed by atoms with E-state index >= 15 is 0 Å². The van der Waals surface area contributed by atoms with Crippen LogP contribution in [0.1, 0.15) is 25.3 Å². The van der Waals surface area contributed by atoms with Crippen molar-refractivity contribution in [3.63, 3.8) is 0 Å². The van der Waals surface area contributed by atoms with Crippen LogP contribution in [0.25, 0.3) is 0 Å². The molecule has 30 heavy (non-hydrogen) atoms. The second-order valence-electron chi connectivity index (χ2n) is 6.57. The number of guanidine groups is 1. The number of hydrogen-bond acceptors (Lipinski definition) is 5. The fourth-order valence-electron chi connectivity index (χ4n) is 3.08. The molecule has 0 bridgehead atoms. The molecule has 1 heterocycles. The molecule has 0 atom stereocenters. The second kappa shape index (κ2) is 15.4. The average molecular weight is 542 g/mol. The smallest absolute Gasteiger partial charge is 0.387 e. The highest BCUT2D eigenvalue weighted by Crippen LogP contribution is 2.32. The van der Waals surface area contributed by atoms with Gasteiger partial charge in [0.25, 0.3) is 0 Å². The molecular weight excluding hydrogens is 509 g/mol. The zero-order valence-electron chi connectivity index (χ0n) is 17.7. The van der Waals surface area contributed by atoms with Gasteiger partial charge in [-0.15, -0.1) is 24.0 Å². The summed E-state index contributed by atoms with van der Waals surface area (Å²) in [7, 11) is 1.68. The number of hydrogen-bond donors (Lipinski definition) is 2. The summed E-state index contributed by atoms with van der Waals surface area (Å²) in [6, 6.07) is 5.09. The zero-order valence-corrected chi connectivity index (χ0v) is 20.0. The molecule has 0 aromatic heterocycles. The number of benzene rings is 1. The Labute approximate surface area is 194 Å². The third kappa shape index (κ3) is 9.61. The van der Waals surface area contributed by atoms with Crippen LogP contribution < -0.4 is 20.1 Å². The van der Waals surface area contributed by atoms with Gasteiger partial charge < -0.3 is 24.8 Å². The Hall–Kier alpha value is -1.40. The Bertz CT molecular complexity index is 632. The summed E-state index contributed by atoms with van der Waals surface area (Å²) in [6.45, 7) is 5.01. The molecule has 0 unspecified atom stereocenters. The molecule has 10 heteroatoms. The SMILES string of the molecule is CCOc1cccc(CNC(=NC)NCCCCN2CCOCC2)c1OC(F)F.I. The van der Waals surface area contributed by atoms with Gasteiger partial charge in [-0.05, 0) is 32.4 Å². The Morgan fingerprint density at radius 3 is 2.67 bits per heavy atom. The summed E-state index contributed by atoms with van der Waals surface area (Å²) in [5, 5.41) is 6.39. The number of morpholine rings is 1. The largest absolute Gasteiger partial charge is 0.490 e. The highest BCUT2D eigenvalue weighted by Gasteiger charge is 2.16. The first-order valence-electron chi connectivity index (χ1n) is 10.1. The van der Waals surface area contributed by atoms with Crippen molar-refractivity contribution in [2.75, 3.05) is 53.0 Å². The lowest BCUT2D eigenvalue weighted by Crippen LogP contribution is -2.38. The molecule has 0 saturated carbocycles. The first-order valence-corrected chi connectivity index (χ1v) is 10.1. The second-order valence-corrected chi connectivity index (χ2v) is 6.57. The van der Waals surface area contributed by atoms with Gasteiger partial charge in [0.15, 0.2) is 17.5 Å². The Kier molecular flexibility index (Phi) is 13.7. The number of para-hydroxylation sites is 1. The van der Waals surface area contributed by atoms with Gasteiger partial charge in [-0.25, -0.2) is 0 Å². The fourth-order valence-corrected chi connectivity index (χ4v) is 3.08. The van der Waals surface area contributed by atoms with Gasteiger partial charge in [-0.3, -0.25) is 9.89 Å². The number of nitrogens with zero attached hydrogens (tertiary/aromatic N) is 2. The molecule has 1 saturated heterocycles. The summed E-state index contributed by atoms with van der Waals surface area (Å²) < 4.78 is 41.1. The highest BCUT2D eigenvalue weighted by molar-refractivity contribution is 14.0. The predicted octanol–water partition coefficient (Wildman–Crippen LogP) is 3.08. The molecule has 1 fully saturated rings. The van der Waals surface area contributed by atoms with Gasteiger partial charge in [0.05, 0.1) is 19.8 Å². The van der Waals surface area contributed by atoms with Crippen molar-refractivity contribution in [1.29, 1.82) is 0 Å². The van der Waals surface area contributed by atoms with Crippen LogP contribution >= 0.6 is 24.0 Å². The molecule has 1 aliphatic rings. The van der Waals surface area contributed by atoms with Gasteiger partial charge >= 0.3 is 6.61 Å². The lowest BCUT2D eigenvalue weighted by Gasteiger charge is -2.26. The van der Waals surface area contributed by atoms with Crippen LogP contribution in [0.2, 0.25) is 0 Å². The van der Waals surface area contributed by atoms with Crippen LogP contribution in [-0.2, 0) is 11.3 Å². The molecule has 0 radical (unpaired) electrons. The maximum Gasteiger partial charge on any atom is 0.387 e.